The summed E-state index contributed by atoms with van der Waals surface area (Å²) >= 11 is 4.48. The molecule has 3 unspecified atom stereocenters. The van der Waals surface area contributed by atoms with Gasteiger partial charge in [0.15, 0.2) is 31.8 Å². The first kappa shape index (κ1) is 29.7. The Bertz CT molecular complexity index is 591. The lowest BCUT2D eigenvalue weighted by Crippen LogP contribution is -2.11. The minimum atomic E-state index is -0.0961. The summed E-state index contributed by atoms with van der Waals surface area (Å²) < 4.78 is 17.1. The third-order valence-corrected chi connectivity index (χ3v) is 7.42. The third-order valence-electron chi connectivity index (χ3n) is 4.41. The molecular formula is C24H39N3O3S3. The maximum atomic E-state index is 5.71. The molecule has 0 fully saturated rings. The summed E-state index contributed by atoms with van der Waals surface area (Å²) in [6, 6.07) is 0. The Morgan fingerprint density at radius 1 is 0.606 bits per heavy atom. The fraction of sp³-hybridized carbons (Fsp3) is 0.625. The molecule has 9 heteroatoms. The Kier molecular flexibility index (Phi) is 17.1. The highest BCUT2D eigenvalue weighted by Crippen LogP contribution is 2.33. The van der Waals surface area contributed by atoms with Crippen molar-refractivity contribution in [3.63, 3.8) is 0 Å². The number of hydrogen-bond donors (Lipinski definition) is 0. The largest absolute Gasteiger partial charge is 0.488 e. The molecule has 1 rings (SSSR count). The molecule has 1 aromatic rings. The quantitative estimate of drug-likeness (QED) is 0.0919. The fourth-order valence-corrected chi connectivity index (χ4v) is 5.70. The highest BCUT2D eigenvalue weighted by atomic mass is 32.2. The molecule has 1 aromatic heterocycles. The zero-order valence-corrected chi connectivity index (χ0v) is 22.7. The minimum Gasteiger partial charge on any atom is -0.488 e. The summed E-state index contributed by atoms with van der Waals surface area (Å²) in [6.07, 6.45) is 13.6. The van der Waals surface area contributed by atoms with Gasteiger partial charge in [-0.25, -0.2) is 0 Å². The van der Waals surface area contributed by atoms with Crippen LogP contribution in [0.15, 0.2) is 54.0 Å². The smallest absolute Gasteiger partial charge is 0.196 e. The van der Waals surface area contributed by atoms with E-state index in [0.717, 1.165) is 57.8 Å². The van der Waals surface area contributed by atoms with Gasteiger partial charge in [0, 0.05) is 0 Å². The van der Waals surface area contributed by atoms with Crippen LogP contribution in [0.25, 0.3) is 0 Å². The van der Waals surface area contributed by atoms with Gasteiger partial charge in [-0.2, -0.15) is 15.0 Å². The van der Waals surface area contributed by atoms with Gasteiger partial charge in [-0.05, 0) is 73.8 Å². The molecule has 33 heavy (non-hydrogen) atoms. The zero-order chi connectivity index (χ0) is 24.3. The van der Waals surface area contributed by atoms with E-state index in [4.69, 9.17) is 29.2 Å². The highest BCUT2D eigenvalue weighted by molar-refractivity contribution is 8.00. The van der Waals surface area contributed by atoms with Crippen LogP contribution in [0.4, 0.5) is 0 Å². The Balaban J connectivity index is 3.16. The Morgan fingerprint density at radius 2 is 0.879 bits per heavy atom. The van der Waals surface area contributed by atoms with Crippen LogP contribution in [-0.2, 0) is 14.2 Å². The van der Waals surface area contributed by atoms with Gasteiger partial charge >= 0.3 is 0 Å². The van der Waals surface area contributed by atoms with Crippen LogP contribution in [0.2, 0.25) is 0 Å². The van der Waals surface area contributed by atoms with Crippen LogP contribution >= 0.6 is 35.3 Å². The molecule has 3 atom stereocenters. The molecule has 6 nitrogen and oxygen atoms in total. The summed E-state index contributed by atoms with van der Waals surface area (Å²) in [5.41, 5.74) is -0.288. The first-order chi connectivity index (χ1) is 16.1. The zero-order valence-electron chi connectivity index (χ0n) is 20.2. The van der Waals surface area contributed by atoms with Gasteiger partial charge < -0.3 is 14.2 Å². The van der Waals surface area contributed by atoms with Crippen molar-refractivity contribution in [3.8, 4) is 0 Å². The van der Waals surface area contributed by atoms with E-state index in [2.05, 4.69) is 40.5 Å². The molecule has 0 aliphatic heterocycles. The second kappa shape index (κ2) is 19.0. The normalized spacial score (nSPS) is 13.5. The van der Waals surface area contributed by atoms with Gasteiger partial charge in [-0.3, -0.25) is 0 Å². The third kappa shape index (κ3) is 13.2. The van der Waals surface area contributed by atoms with Crippen molar-refractivity contribution in [3.05, 3.63) is 38.5 Å². The van der Waals surface area contributed by atoms with Gasteiger partial charge in [0.05, 0.1) is 18.8 Å². The summed E-state index contributed by atoms with van der Waals surface area (Å²) in [6.45, 7) is 17.6. The lowest BCUT2D eigenvalue weighted by Gasteiger charge is -2.18. The fourth-order valence-electron chi connectivity index (χ4n) is 2.73. The second-order valence-electron chi connectivity index (χ2n) is 7.16. The van der Waals surface area contributed by atoms with Crippen LogP contribution in [0.1, 0.15) is 78.6 Å². The van der Waals surface area contributed by atoms with Gasteiger partial charge in [-0.15, -0.1) is 0 Å². The topological polar surface area (TPSA) is 66.4 Å². The molecule has 0 saturated carbocycles. The molecule has 0 amide bonds. The van der Waals surface area contributed by atoms with Gasteiger partial charge in [0.2, 0.25) is 0 Å². The van der Waals surface area contributed by atoms with E-state index in [1.54, 1.807) is 0 Å². The van der Waals surface area contributed by atoms with E-state index in [-0.39, 0.29) is 16.3 Å². The molecule has 1 heterocycles. The van der Waals surface area contributed by atoms with Crippen LogP contribution in [0, 0.1) is 0 Å². The lowest BCUT2D eigenvalue weighted by molar-refractivity contribution is 0.210. The van der Waals surface area contributed by atoms with Crippen LogP contribution < -0.4 is 0 Å². The molecule has 0 aromatic carbocycles. The van der Waals surface area contributed by atoms with Crippen molar-refractivity contribution < 1.29 is 14.2 Å². The standard InChI is InChI=1S/C24H39N3O3S3/c1-7-13-16-19(28-10-4)31-22-25-23(32-20(29-11-5)17-14-8-2)27-24(26-22)33-21(30-12-6)18-15-9-3/h10-12,19-21H,4-9,13-18H2,1-3H3. The van der Waals surface area contributed by atoms with E-state index in [1.165, 1.54) is 54.1 Å². The SMILES string of the molecule is C=COC(CCCC)Sc1nc(SC(CCCC)OC=C)nc(SC(CCCC)OC=C)n1. The number of thioether (sulfide) groups is 3. The monoisotopic (exact) mass is 513 g/mol. The number of rotatable bonds is 21. The lowest BCUT2D eigenvalue weighted by atomic mass is 10.3. The summed E-state index contributed by atoms with van der Waals surface area (Å²) in [5, 5.41) is 1.87. The van der Waals surface area contributed by atoms with Crippen LogP contribution in [0.3, 0.4) is 0 Å². The van der Waals surface area contributed by atoms with Crippen molar-refractivity contribution in [2.24, 2.45) is 0 Å². The maximum absolute atomic E-state index is 5.71. The number of unbranched alkanes of at least 4 members (excludes halogenated alkanes) is 3. The second-order valence-corrected chi connectivity index (χ2v) is 10.5. The minimum absolute atomic E-state index is 0.0961. The number of aromatic nitrogens is 3. The van der Waals surface area contributed by atoms with Crippen molar-refractivity contribution in [1.82, 2.24) is 15.0 Å². The predicted octanol–water partition coefficient (Wildman–Crippen LogP) is 8.18. The molecule has 0 bridgehead atoms. The average Bonchev–Trinajstić information content (AvgIpc) is 2.79. The van der Waals surface area contributed by atoms with Crippen molar-refractivity contribution in [2.75, 3.05) is 0 Å². The van der Waals surface area contributed by atoms with E-state index in [1.807, 2.05) is 0 Å². The van der Waals surface area contributed by atoms with E-state index < -0.39 is 0 Å². The number of nitrogens with zero attached hydrogens (tertiary/aromatic N) is 3. The molecule has 0 aliphatic carbocycles. The molecule has 0 aliphatic rings. The van der Waals surface area contributed by atoms with E-state index in [9.17, 15) is 0 Å². The first-order valence-corrected chi connectivity index (χ1v) is 14.3. The number of ether oxygens (including phenoxy) is 3. The first-order valence-electron chi connectivity index (χ1n) is 11.6. The van der Waals surface area contributed by atoms with Gasteiger partial charge in [0.25, 0.3) is 0 Å². The molecule has 186 valence electrons. The molecule has 0 radical (unpaired) electrons. The maximum Gasteiger partial charge on any atom is 0.196 e. The summed E-state index contributed by atoms with van der Waals surface area (Å²) in [5.74, 6) is 0. The predicted molar refractivity (Wildman–Crippen MR) is 141 cm³/mol. The highest BCUT2D eigenvalue weighted by Gasteiger charge is 2.20. The molecule has 0 spiro atoms. The molecular weight excluding hydrogens is 474 g/mol. The van der Waals surface area contributed by atoms with Crippen LogP contribution in [0.5, 0.6) is 0 Å². The van der Waals surface area contributed by atoms with Crippen molar-refractivity contribution >= 4 is 35.3 Å². The van der Waals surface area contributed by atoms with Gasteiger partial charge in [-0.1, -0.05) is 59.8 Å². The number of hydrogen-bond acceptors (Lipinski definition) is 9. The van der Waals surface area contributed by atoms with E-state index >= 15 is 0 Å². The van der Waals surface area contributed by atoms with Gasteiger partial charge in [0.1, 0.15) is 0 Å². The van der Waals surface area contributed by atoms with Crippen molar-refractivity contribution in [2.45, 2.75) is 110 Å². The summed E-state index contributed by atoms with van der Waals surface area (Å²) in [7, 11) is 0. The molecule has 0 N–H and O–H groups in total. The Hall–Kier alpha value is -1.32. The van der Waals surface area contributed by atoms with Crippen molar-refractivity contribution in [1.29, 1.82) is 0 Å². The summed E-state index contributed by atoms with van der Waals surface area (Å²) in [4.78, 5) is 14.1. The Labute approximate surface area is 212 Å². The average molecular weight is 514 g/mol. The van der Waals surface area contributed by atoms with E-state index in [0.29, 0.717) is 15.5 Å². The Morgan fingerprint density at radius 3 is 1.09 bits per heavy atom. The molecule has 0 saturated heterocycles. The van der Waals surface area contributed by atoms with Crippen LogP contribution in [-0.4, -0.2) is 31.3 Å².